The smallest absolute Gasteiger partial charge is 0.340 e. The number of imide groups is 1. The Labute approximate surface area is 163 Å². The Morgan fingerprint density at radius 1 is 1.19 bits per heavy atom. The highest BCUT2D eigenvalue weighted by Crippen LogP contribution is 2.35. The van der Waals surface area contributed by atoms with Gasteiger partial charge in [-0.15, -0.1) is 0 Å². The summed E-state index contributed by atoms with van der Waals surface area (Å²) in [4.78, 5) is 41.0. The molecule has 0 N–H and O–H groups in total. The summed E-state index contributed by atoms with van der Waals surface area (Å²) in [6, 6.07) is 6.58. The van der Waals surface area contributed by atoms with Crippen molar-refractivity contribution in [3.63, 3.8) is 0 Å². The van der Waals surface area contributed by atoms with Crippen molar-refractivity contribution in [3.8, 4) is 0 Å². The summed E-state index contributed by atoms with van der Waals surface area (Å²) in [7, 11) is 1.81. The van der Waals surface area contributed by atoms with E-state index in [-0.39, 0.29) is 34.6 Å². The number of benzene rings is 1. The zero-order valence-electron chi connectivity index (χ0n) is 15.5. The molecule has 0 unspecified atom stereocenters. The molecule has 0 saturated heterocycles. The monoisotopic (exact) mass is 390 g/mol. The van der Waals surface area contributed by atoms with Crippen molar-refractivity contribution >= 4 is 35.1 Å². The number of para-hydroxylation sites is 1. The number of ether oxygens (including phenoxy) is 1. The predicted molar refractivity (Wildman–Crippen MR) is 102 cm³/mol. The van der Waals surface area contributed by atoms with Gasteiger partial charge in [0.15, 0.2) is 0 Å². The van der Waals surface area contributed by atoms with Crippen molar-refractivity contribution in [1.29, 1.82) is 0 Å². The van der Waals surface area contributed by atoms with Crippen LogP contribution in [0.2, 0.25) is 0 Å². The fourth-order valence-electron chi connectivity index (χ4n) is 3.72. The van der Waals surface area contributed by atoms with Crippen LogP contribution in [0.4, 0.5) is 5.69 Å². The zero-order chi connectivity index (χ0) is 19.6. The number of likely N-dealkylation sites (N-methyl/N-ethyl adjacent to an activating group) is 1. The lowest BCUT2D eigenvalue weighted by molar-refractivity contribution is -0.121. The summed E-state index contributed by atoms with van der Waals surface area (Å²) >= 11 is 6.29. The molecule has 27 heavy (non-hydrogen) atoms. The molecule has 1 aromatic carbocycles. The lowest BCUT2D eigenvalue weighted by Gasteiger charge is -2.33. The molecule has 7 heteroatoms. The first-order valence-corrected chi connectivity index (χ1v) is 9.62. The molecule has 1 saturated carbocycles. The van der Waals surface area contributed by atoms with Crippen LogP contribution in [0, 0.1) is 0 Å². The molecule has 2 amide bonds. The first-order valence-electron chi connectivity index (χ1n) is 9.24. The van der Waals surface area contributed by atoms with Crippen molar-refractivity contribution in [2.75, 3.05) is 18.6 Å². The molecule has 1 aliphatic heterocycles. The fourth-order valence-corrected chi connectivity index (χ4v) is 4.02. The predicted octanol–water partition coefficient (Wildman–Crippen LogP) is 3.45. The molecule has 0 bridgehead atoms. The molecule has 0 aromatic heterocycles. The van der Waals surface area contributed by atoms with Gasteiger partial charge in [0.05, 0.1) is 17.9 Å². The molecular weight excluding hydrogens is 368 g/mol. The third-order valence-electron chi connectivity index (χ3n) is 5.12. The van der Waals surface area contributed by atoms with Crippen LogP contribution >= 0.6 is 11.6 Å². The summed E-state index contributed by atoms with van der Waals surface area (Å²) in [5.74, 6) is -1.70. The highest BCUT2D eigenvalue weighted by Gasteiger charge is 2.43. The minimum Gasteiger partial charge on any atom is -0.462 e. The summed E-state index contributed by atoms with van der Waals surface area (Å²) in [5.41, 5.74) is 0.551. The van der Waals surface area contributed by atoms with Crippen LogP contribution in [0.3, 0.4) is 0 Å². The van der Waals surface area contributed by atoms with Crippen LogP contribution in [-0.4, -0.2) is 42.4 Å². The number of hydrogen-bond donors (Lipinski definition) is 0. The second kappa shape index (κ2) is 8.13. The molecule has 1 aromatic rings. The van der Waals surface area contributed by atoms with E-state index in [1.54, 1.807) is 32.2 Å². The van der Waals surface area contributed by atoms with E-state index in [9.17, 15) is 14.4 Å². The van der Waals surface area contributed by atoms with E-state index in [1.165, 1.54) is 12.5 Å². The van der Waals surface area contributed by atoms with Gasteiger partial charge >= 0.3 is 5.97 Å². The van der Waals surface area contributed by atoms with Crippen molar-refractivity contribution in [1.82, 2.24) is 4.90 Å². The summed E-state index contributed by atoms with van der Waals surface area (Å²) < 4.78 is 5.05. The lowest BCUT2D eigenvalue weighted by atomic mass is 9.94. The normalized spacial score (nSPS) is 18.3. The average molecular weight is 391 g/mol. The number of esters is 1. The van der Waals surface area contributed by atoms with Gasteiger partial charge in [-0.1, -0.05) is 43.0 Å². The van der Waals surface area contributed by atoms with Gasteiger partial charge in [-0.25, -0.2) is 9.69 Å². The lowest BCUT2D eigenvalue weighted by Crippen LogP contribution is -2.39. The number of carbonyl (C=O) groups excluding carboxylic acids is 3. The molecule has 0 spiro atoms. The number of rotatable bonds is 5. The second-order valence-corrected chi connectivity index (χ2v) is 7.13. The van der Waals surface area contributed by atoms with Gasteiger partial charge in [0, 0.05) is 13.1 Å². The first kappa shape index (κ1) is 19.4. The maximum Gasteiger partial charge on any atom is 0.340 e. The Hall–Kier alpha value is -2.34. The molecule has 3 rings (SSSR count). The molecular formula is C20H23ClN2O4. The number of amides is 2. The Bertz CT molecular complexity index is 799. The van der Waals surface area contributed by atoms with Crippen LogP contribution in [0.1, 0.15) is 49.4 Å². The average Bonchev–Trinajstić information content (AvgIpc) is 2.91. The molecule has 0 atom stereocenters. The summed E-state index contributed by atoms with van der Waals surface area (Å²) in [5, 5.41) is -0.105. The van der Waals surface area contributed by atoms with E-state index in [0.717, 1.165) is 30.6 Å². The third-order valence-corrected chi connectivity index (χ3v) is 5.46. The minimum absolute atomic E-state index is 0.105. The Balaban J connectivity index is 1.93. The number of hydrogen-bond acceptors (Lipinski definition) is 5. The highest BCUT2D eigenvalue weighted by atomic mass is 35.5. The van der Waals surface area contributed by atoms with Crippen LogP contribution in [0.5, 0.6) is 0 Å². The van der Waals surface area contributed by atoms with E-state index in [1.807, 2.05) is 4.90 Å². The summed E-state index contributed by atoms with van der Waals surface area (Å²) in [6.45, 7) is 1.89. The van der Waals surface area contributed by atoms with Crippen molar-refractivity contribution < 1.29 is 19.1 Å². The maximum absolute atomic E-state index is 13.1. The van der Waals surface area contributed by atoms with Gasteiger partial charge in [-0.05, 0) is 31.9 Å². The third kappa shape index (κ3) is 3.58. The van der Waals surface area contributed by atoms with Crippen molar-refractivity contribution in [2.45, 2.75) is 45.1 Å². The van der Waals surface area contributed by atoms with Crippen LogP contribution in [0.15, 0.2) is 35.0 Å². The standard InChI is InChI=1S/C20H23ClN2O4/c1-3-27-20(26)14-11-7-8-12-15(14)23-18(24)16(21)17(19(23)25)22(2)13-9-5-4-6-10-13/h7-8,11-13H,3-6,9-10H2,1-2H3. The maximum atomic E-state index is 13.1. The van der Waals surface area contributed by atoms with Crippen molar-refractivity contribution in [3.05, 3.63) is 40.6 Å². The van der Waals surface area contributed by atoms with Gasteiger partial charge in [0.1, 0.15) is 10.7 Å². The Morgan fingerprint density at radius 2 is 1.85 bits per heavy atom. The summed E-state index contributed by atoms with van der Waals surface area (Å²) in [6.07, 6.45) is 5.30. The van der Waals surface area contributed by atoms with Crippen LogP contribution in [-0.2, 0) is 14.3 Å². The fraction of sp³-hybridized carbons (Fsp3) is 0.450. The van der Waals surface area contributed by atoms with E-state index in [0.29, 0.717) is 0 Å². The van der Waals surface area contributed by atoms with E-state index >= 15 is 0 Å². The number of carbonyl (C=O) groups is 3. The van der Waals surface area contributed by atoms with Gasteiger partial charge in [0.25, 0.3) is 11.8 Å². The second-order valence-electron chi connectivity index (χ2n) is 6.75. The van der Waals surface area contributed by atoms with E-state index in [2.05, 4.69) is 0 Å². The zero-order valence-corrected chi connectivity index (χ0v) is 16.3. The molecule has 144 valence electrons. The van der Waals surface area contributed by atoms with E-state index in [4.69, 9.17) is 16.3 Å². The van der Waals surface area contributed by atoms with Gasteiger partial charge < -0.3 is 9.64 Å². The Morgan fingerprint density at radius 3 is 2.52 bits per heavy atom. The molecule has 1 heterocycles. The molecule has 2 aliphatic rings. The molecule has 1 aliphatic carbocycles. The van der Waals surface area contributed by atoms with Gasteiger partial charge in [-0.2, -0.15) is 0 Å². The number of nitrogens with zero attached hydrogens (tertiary/aromatic N) is 2. The Kier molecular flexibility index (Phi) is 5.85. The quantitative estimate of drug-likeness (QED) is 0.569. The SMILES string of the molecule is CCOC(=O)c1ccccc1N1C(=O)C(Cl)=C(N(C)C2CCCCC2)C1=O. The largest absolute Gasteiger partial charge is 0.462 e. The van der Waals surface area contributed by atoms with Gasteiger partial charge in [-0.3, -0.25) is 9.59 Å². The minimum atomic E-state index is -0.615. The number of anilines is 1. The topological polar surface area (TPSA) is 66.9 Å². The van der Waals surface area contributed by atoms with Gasteiger partial charge in [0.2, 0.25) is 0 Å². The molecule has 0 radical (unpaired) electrons. The molecule has 6 nitrogen and oxygen atoms in total. The van der Waals surface area contributed by atoms with Crippen LogP contribution in [0.25, 0.3) is 0 Å². The van der Waals surface area contributed by atoms with Crippen molar-refractivity contribution in [2.24, 2.45) is 0 Å². The van der Waals surface area contributed by atoms with Crippen LogP contribution < -0.4 is 4.90 Å². The van der Waals surface area contributed by atoms with E-state index < -0.39 is 17.8 Å². The first-order chi connectivity index (χ1) is 13.0. The highest BCUT2D eigenvalue weighted by molar-refractivity contribution is 6.52. The molecule has 1 fully saturated rings. The number of halogens is 1.